The summed E-state index contributed by atoms with van der Waals surface area (Å²) >= 11 is 0. The summed E-state index contributed by atoms with van der Waals surface area (Å²) in [6.07, 6.45) is 0. The van der Waals surface area contributed by atoms with Crippen LogP contribution >= 0.6 is 24.8 Å². The number of likely N-dealkylation sites (N-methyl/N-ethyl adjacent to an activating group) is 1. The van der Waals surface area contributed by atoms with E-state index in [-0.39, 0.29) is 30.8 Å². The number of esters is 1. The largest absolute Gasteiger partial charge is 0.468 e. The van der Waals surface area contributed by atoms with Gasteiger partial charge in [0.15, 0.2) is 0 Å². The fourth-order valence-corrected chi connectivity index (χ4v) is 0.584. The van der Waals surface area contributed by atoms with Gasteiger partial charge in [-0.1, -0.05) is 0 Å². The third-order valence-electron chi connectivity index (χ3n) is 1.14. The molecule has 0 spiro atoms. The van der Waals surface area contributed by atoms with Gasteiger partial charge in [0.25, 0.3) is 0 Å². The van der Waals surface area contributed by atoms with Gasteiger partial charge in [0, 0.05) is 13.1 Å². The minimum absolute atomic E-state index is 0. The second-order valence-electron chi connectivity index (χ2n) is 2.10. The first-order valence-electron chi connectivity index (χ1n) is 3.16. The van der Waals surface area contributed by atoms with Crippen LogP contribution in [-0.4, -0.2) is 44.7 Å². The van der Waals surface area contributed by atoms with Crippen LogP contribution in [0.15, 0.2) is 0 Å². The lowest BCUT2D eigenvalue weighted by molar-refractivity contribution is -0.141. The Morgan fingerprint density at radius 3 is 2.33 bits per heavy atom. The molecule has 0 fully saturated rings. The van der Waals surface area contributed by atoms with Crippen molar-refractivity contribution in [2.45, 2.75) is 0 Å². The summed E-state index contributed by atoms with van der Waals surface area (Å²) < 4.78 is 4.45. The van der Waals surface area contributed by atoms with Gasteiger partial charge in [0.05, 0.1) is 13.7 Å². The van der Waals surface area contributed by atoms with E-state index in [9.17, 15) is 4.79 Å². The van der Waals surface area contributed by atoms with Crippen LogP contribution < -0.4 is 5.73 Å². The first-order valence-corrected chi connectivity index (χ1v) is 3.16. The Bertz CT molecular complexity index is 114. The zero-order valence-corrected chi connectivity index (χ0v) is 8.91. The number of carbonyl (C=O) groups excluding carboxylic acids is 1. The SMILES string of the molecule is COC(=O)CN(C)CCN.Cl.Cl. The molecule has 0 radical (unpaired) electrons. The zero-order valence-electron chi connectivity index (χ0n) is 7.28. The number of hydrogen-bond acceptors (Lipinski definition) is 4. The van der Waals surface area contributed by atoms with Crippen LogP contribution in [-0.2, 0) is 9.53 Å². The van der Waals surface area contributed by atoms with E-state index < -0.39 is 0 Å². The molecule has 2 N–H and O–H groups in total. The number of nitrogens with two attached hydrogens (primary N) is 1. The average Bonchev–Trinajstić information content (AvgIpc) is 1.88. The van der Waals surface area contributed by atoms with Crippen molar-refractivity contribution in [1.82, 2.24) is 4.90 Å². The maximum absolute atomic E-state index is 10.6. The van der Waals surface area contributed by atoms with Gasteiger partial charge in [0.2, 0.25) is 0 Å². The van der Waals surface area contributed by atoms with Crippen LogP contribution in [0.4, 0.5) is 0 Å². The highest BCUT2D eigenvalue weighted by molar-refractivity contribution is 5.85. The summed E-state index contributed by atoms with van der Waals surface area (Å²) in [7, 11) is 3.20. The van der Waals surface area contributed by atoms with Crippen LogP contribution in [0, 0.1) is 0 Å². The molecule has 12 heavy (non-hydrogen) atoms. The van der Waals surface area contributed by atoms with Gasteiger partial charge in [-0.3, -0.25) is 9.69 Å². The van der Waals surface area contributed by atoms with Crippen LogP contribution in [0.5, 0.6) is 0 Å². The minimum Gasteiger partial charge on any atom is -0.468 e. The second kappa shape index (κ2) is 11.0. The molecule has 0 aromatic carbocycles. The Labute approximate surface area is 85.2 Å². The van der Waals surface area contributed by atoms with E-state index in [1.54, 1.807) is 0 Å². The van der Waals surface area contributed by atoms with Crippen molar-refractivity contribution in [3.05, 3.63) is 0 Å². The van der Waals surface area contributed by atoms with E-state index in [4.69, 9.17) is 5.73 Å². The van der Waals surface area contributed by atoms with Gasteiger partial charge >= 0.3 is 5.97 Å². The number of hydrogen-bond donors (Lipinski definition) is 1. The van der Waals surface area contributed by atoms with E-state index in [0.717, 1.165) is 6.54 Å². The third kappa shape index (κ3) is 9.97. The summed E-state index contributed by atoms with van der Waals surface area (Å²) in [5, 5.41) is 0. The van der Waals surface area contributed by atoms with Gasteiger partial charge < -0.3 is 10.5 Å². The quantitative estimate of drug-likeness (QED) is 0.670. The fraction of sp³-hybridized carbons (Fsp3) is 0.833. The minimum atomic E-state index is -0.226. The Kier molecular flexibility index (Phi) is 16.4. The highest BCUT2D eigenvalue weighted by Gasteiger charge is 2.03. The average molecular weight is 219 g/mol. The van der Waals surface area contributed by atoms with Crippen molar-refractivity contribution in [1.29, 1.82) is 0 Å². The second-order valence-corrected chi connectivity index (χ2v) is 2.10. The molecule has 4 nitrogen and oxygen atoms in total. The molecule has 0 atom stereocenters. The number of rotatable bonds is 4. The van der Waals surface area contributed by atoms with E-state index in [0.29, 0.717) is 13.1 Å². The molecule has 76 valence electrons. The van der Waals surface area contributed by atoms with Crippen LogP contribution in [0.25, 0.3) is 0 Å². The maximum atomic E-state index is 10.6. The molecule has 0 rings (SSSR count). The third-order valence-corrected chi connectivity index (χ3v) is 1.14. The lowest BCUT2D eigenvalue weighted by Gasteiger charge is -2.12. The predicted octanol–water partition coefficient (Wildman–Crippen LogP) is -0.107. The smallest absolute Gasteiger partial charge is 0.319 e. The normalized spacial score (nSPS) is 8.33. The number of ether oxygens (including phenoxy) is 1. The monoisotopic (exact) mass is 218 g/mol. The van der Waals surface area contributed by atoms with E-state index in [1.807, 2.05) is 11.9 Å². The van der Waals surface area contributed by atoms with Crippen molar-refractivity contribution < 1.29 is 9.53 Å². The predicted molar refractivity (Wildman–Crippen MR) is 53.1 cm³/mol. The summed E-state index contributed by atoms with van der Waals surface area (Å²) in [5.41, 5.74) is 5.25. The van der Waals surface area contributed by atoms with Gasteiger partial charge in [-0.15, -0.1) is 24.8 Å². The molecule has 0 aromatic rings. The summed E-state index contributed by atoms with van der Waals surface area (Å²) in [6, 6.07) is 0. The molecule has 0 bridgehead atoms. The number of methoxy groups -OCH3 is 1. The Balaban J connectivity index is -0.000000405. The zero-order chi connectivity index (χ0) is 7.98. The Hall–Kier alpha value is -0.0300. The molecule has 0 saturated heterocycles. The van der Waals surface area contributed by atoms with Crippen molar-refractivity contribution in [2.75, 3.05) is 33.8 Å². The van der Waals surface area contributed by atoms with E-state index in [2.05, 4.69) is 4.74 Å². The van der Waals surface area contributed by atoms with Crippen molar-refractivity contribution in [3.63, 3.8) is 0 Å². The van der Waals surface area contributed by atoms with Gasteiger partial charge in [-0.25, -0.2) is 0 Å². The number of nitrogens with zero attached hydrogens (tertiary/aromatic N) is 1. The molecular weight excluding hydrogens is 203 g/mol. The van der Waals surface area contributed by atoms with Gasteiger partial charge in [-0.2, -0.15) is 0 Å². The lowest BCUT2D eigenvalue weighted by Crippen LogP contribution is -2.31. The number of carbonyl (C=O) groups is 1. The molecule has 0 saturated carbocycles. The molecule has 0 amide bonds. The highest BCUT2D eigenvalue weighted by Crippen LogP contribution is 1.81. The molecule has 6 heteroatoms. The summed E-state index contributed by atoms with van der Waals surface area (Å²) in [4.78, 5) is 12.4. The van der Waals surface area contributed by atoms with Gasteiger partial charge in [0.1, 0.15) is 0 Å². The van der Waals surface area contributed by atoms with Crippen LogP contribution in [0.1, 0.15) is 0 Å². The van der Waals surface area contributed by atoms with Crippen LogP contribution in [0.2, 0.25) is 0 Å². The van der Waals surface area contributed by atoms with E-state index in [1.165, 1.54) is 7.11 Å². The van der Waals surface area contributed by atoms with Crippen molar-refractivity contribution >= 4 is 30.8 Å². The standard InChI is InChI=1S/C6H14N2O2.2ClH/c1-8(4-3-7)5-6(9)10-2;;/h3-5,7H2,1-2H3;2*1H. The highest BCUT2D eigenvalue weighted by atomic mass is 35.5. The molecule has 0 aliphatic heterocycles. The molecule has 0 aromatic heterocycles. The molecule has 0 aliphatic rings. The fourth-order valence-electron chi connectivity index (χ4n) is 0.584. The van der Waals surface area contributed by atoms with Crippen molar-refractivity contribution in [2.24, 2.45) is 5.73 Å². The van der Waals surface area contributed by atoms with Crippen LogP contribution in [0.3, 0.4) is 0 Å². The van der Waals surface area contributed by atoms with Crippen molar-refractivity contribution in [3.8, 4) is 0 Å². The summed E-state index contributed by atoms with van der Waals surface area (Å²) in [6.45, 7) is 1.59. The van der Waals surface area contributed by atoms with E-state index >= 15 is 0 Å². The topological polar surface area (TPSA) is 55.6 Å². The maximum Gasteiger partial charge on any atom is 0.319 e. The van der Waals surface area contributed by atoms with Gasteiger partial charge in [-0.05, 0) is 7.05 Å². The Morgan fingerprint density at radius 1 is 1.50 bits per heavy atom. The first-order chi connectivity index (χ1) is 4.70. The first kappa shape index (κ1) is 17.9. The summed E-state index contributed by atoms with van der Waals surface area (Å²) in [5.74, 6) is -0.226. The molecule has 0 unspecified atom stereocenters. The molecule has 0 aliphatic carbocycles. The lowest BCUT2D eigenvalue weighted by atomic mass is 10.5. The number of halogens is 2. The Morgan fingerprint density at radius 2 is 2.00 bits per heavy atom. The molecular formula is C6H16Cl2N2O2. The molecule has 0 heterocycles.